The number of rotatable bonds is 6. The van der Waals surface area contributed by atoms with E-state index in [1.54, 1.807) is 24.3 Å². The average Bonchev–Trinajstić information content (AvgIpc) is 3.13. The summed E-state index contributed by atoms with van der Waals surface area (Å²) in [5.74, 6) is -0.398. The molecule has 0 bridgehead atoms. The molecule has 1 amide bonds. The molecular weight excluding hydrogens is 746 g/mol. The Labute approximate surface area is 235 Å². The fourth-order valence-electron chi connectivity index (χ4n) is 2.96. The van der Waals surface area contributed by atoms with Gasteiger partial charge in [0.15, 0.2) is 5.17 Å². The molecule has 10 heteroatoms. The quantitative estimate of drug-likeness (QED) is 0.213. The number of amides is 1. The fourth-order valence-corrected chi connectivity index (χ4v) is 6.20. The van der Waals surface area contributed by atoms with Crippen molar-refractivity contribution in [1.29, 1.82) is 0 Å². The standard InChI is InChI=1S/C24H15BrI2N2O4S/c25-16-5-7-17(8-6-16)28-24-29-22(30)20(34-24)11-14-9-18(26)21(19(27)10-14)33-12-13-1-3-15(4-2-13)23(31)32/h1-11H,12H2,(H,31,32)(H,28,29,30)/b20-11-. The molecule has 0 aliphatic carbocycles. The van der Waals surface area contributed by atoms with Crippen molar-refractivity contribution in [2.45, 2.75) is 6.61 Å². The van der Waals surface area contributed by atoms with Gasteiger partial charge in [-0.1, -0.05) is 28.1 Å². The predicted octanol–water partition coefficient (Wildman–Crippen LogP) is 6.83. The molecule has 0 unspecified atom stereocenters. The number of aliphatic imine (C=N–C) groups is 1. The van der Waals surface area contributed by atoms with Crippen molar-refractivity contribution in [2.24, 2.45) is 4.99 Å². The van der Waals surface area contributed by atoms with E-state index in [-0.39, 0.29) is 11.5 Å². The Kier molecular flexibility index (Phi) is 8.32. The number of ether oxygens (including phenoxy) is 1. The summed E-state index contributed by atoms with van der Waals surface area (Å²) in [5, 5.41) is 12.4. The molecule has 2 N–H and O–H groups in total. The van der Waals surface area contributed by atoms with Crippen molar-refractivity contribution >= 4 is 102 Å². The van der Waals surface area contributed by atoms with Crippen LogP contribution in [0.2, 0.25) is 0 Å². The molecule has 1 fully saturated rings. The third kappa shape index (κ3) is 6.40. The molecule has 4 rings (SSSR count). The first-order chi connectivity index (χ1) is 16.3. The van der Waals surface area contributed by atoms with Gasteiger partial charge in [0, 0.05) is 4.47 Å². The van der Waals surface area contributed by atoms with Crippen molar-refractivity contribution in [3.05, 3.63) is 93.9 Å². The van der Waals surface area contributed by atoms with E-state index in [4.69, 9.17) is 9.84 Å². The molecule has 3 aromatic carbocycles. The maximum absolute atomic E-state index is 12.4. The van der Waals surface area contributed by atoms with Crippen LogP contribution in [0.15, 0.2) is 75.0 Å². The lowest BCUT2D eigenvalue weighted by Crippen LogP contribution is -2.19. The smallest absolute Gasteiger partial charge is 0.335 e. The number of nitrogens with zero attached hydrogens (tertiary/aromatic N) is 1. The first-order valence-electron chi connectivity index (χ1n) is 9.78. The Morgan fingerprint density at radius 3 is 2.35 bits per heavy atom. The first kappa shape index (κ1) is 25.2. The summed E-state index contributed by atoms with van der Waals surface area (Å²) in [6, 6.07) is 18.1. The van der Waals surface area contributed by atoms with E-state index < -0.39 is 5.97 Å². The van der Waals surface area contributed by atoms with E-state index in [9.17, 15) is 9.59 Å². The van der Waals surface area contributed by atoms with Crippen molar-refractivity contribution < 1.29 is 19.4 Å². The second kappa shape index (κ2) is 11.2. The van der Waals surface area contributed by atoms with Gasteiger partial charge in [0.25, 0.3) is 5.91 Å². The van der Waals surface area contributed by atoms with Crippen molar-refractivity contribution in [1.82, 2.24) is 5.32 Å². The maximum atomic E-state index is 12.4. The topological polar surface area (TPSA) is 88.0 Å². The van der Waals surface area contributed by atoms with Gasteiger partial charge in [-0.3, -0.25) is 4.79 Å². The summed E-state index contributed by atoms with van der Waals surface area (Å²) in [6.07, 6.45) is 1.84. The minimum Gasteiger partial charge on any atom is -0.487 e. The lowest BCUT2D eigenvalue weighted by Gasteiger charge is -2.12. The third-order valence-electron chi connectivity index (χ3n) is 4.61. The SMILES string of the molecule is O=C1NC(=Nc2ccc(Br)cc2)S/C1=C\c1cc(I)c(OCc2ccc(C(=O)O)cc2)c(I)c1. The molecule has 0 atom stereocenters. The molecule has 172 valence electrons. The van der Waals surface area contributed by atoms with Crippen LogP contribution in [0.5, 0.6) is 5.75 Å². The fraction of sp³-hybridized carbons (Fsp3) is 0.0417. The second-order valence-corrected chi connectivity index (χ2v) is 11.3. The van der Waals surface area contributed by atoms with E-state index in [1.807, 2.05) is 42.5 Å². The summed E-state index contributed by atoms with van der Waals surface area (Å²) in [7, 11) is 0. The van der Waals surface area contributed by atoms with Gasteiger partial charge in [0.05, 0.1) is 23.3 Å². The number of benzene rings is 3. The monoisotopic (exact) mass is 760 g/mol. The van der Waals surface area contributed by atoms with Crippen LogP contribution in [0, 0.1) is 7.14 Å². The molecule has 0 radical (unpaired) electrons. The molecule has 0 aromatic heterocycles. The van der Waals surface area contributed by atoms with Gasteiger partial charge < -0.3 is 15.2 Å². The summed E-state index contributed by atoms with van der Waals surface area (Å²) in [4.78, 5) is 28.5. The molecule has 0 saturated carbocycles. The van der Waals surface area contributed by atoms with Crippen LogP contribution in [0.4, 0.5) is 5.69 Å². The summed E-state index contributed by atoms with van der Waals surface area (Å²) in [6.45, 7) is 0.320. The van der Waals surface area contributed by atoms with Crippen molar-refractivity contribution in [3.8, 4) is 5.75 Å². The van der Waals surface area contributed by atoms with Crippen LogP contribution in [-0.2, 0) is 11.4 Å². The number of nitrogens with one attached hydrogen (secondary N) is 1. The first-order valence-corrected chi connectivity index (χ1v) is 13.5. The molecule has 1 aliphatic rings. The number of carbonyl (C=O) groups excluding carboxylic acids is 1. The minimum absolute atomic E-state index is 0.184. The zero-order chi connectivity index (χ0) is 24.2. The molecule has 3 aromatic rings. The largest absolute Gasteiger partial charge is 0.487 e. The highest BCUT2D eigenvalue weighted by Gasteiger charge is 2.24. The van der Waals surface area contributed by atoms with E-state index in [1.165, 1.54) is 11.8 Å². The number of carbonyl (C=O) groups is 2. The van der Waals surface area contributed by atoms with Crippen LogP contribution in [0.1, 0.15) is 21.5 Å². The lowest BCUT2D eigenvalue weighted by atomic mass is 10.1. The zero-order valence-electron chi connectivity index (χ0n) is 17.2. The molecule has 0 spiro atoms. The minimum atomic E-state index is -0.956. The number of hydrogen-bond donors (Lipinski definition) is 2. The number of amidine groups is 1. The Hall–Kier alpha value is -1.90. The number of carboxylic acid groups (broad SMARTS) is 1. The highest BCUT2D eigenvalue weighted by molar-refractivity contribution is 14.1. The van der Waals surface area contributed by atoms with Crippen LogP contribution < -0.4 is 10.1 Å². The average molecular weight is 761 g/mol. The van der Waals surface area contributed by atoms with Gasteiger partial charge in [-0.25, -0.2) is 9.79 Å². The van der Waals surface area contributed by atoms with Gasteiger partial charge in [-0.05, 0) is 123 Å². The summed E-state index contributed by atoms with van der Waals surface area (Å²) < 4.78 is 8.78. The van der Waals surface area contributed by atoms with Gasteiger partial charge >= 0.3 is 5.97 Å². The normalized spacial score (nSPS) is 15.6. The van der Waals surface area contributed by atoms with Crippen LogP contribution in [0.3, 0.4) is 0 Å². The zero-order valence-corrected chi connectivity index (χ0v) is 23.9. The maximum Gasteiger partial charge on any atom is 0.335 e. The lowest BCUT2D eigenvalue weighted by molar-refractivity contribution is -0.115. The van der Waals surface area contributed by atoms with Crippen LogP contribution >= 0.6 is 72.9 Å². The predicted molar refractivity (Wildman–Crippen MR) is 155 cm³/mol. The number of carboxylic acids is 1. The van der Waals surface area contributed by atoms with Gasteiger partial charge in [0.2, 0.25) is 0 Å². The van der Waals surface area contributed by atoms with Crippen LogP contribution in [0.25, 0.3) is 6.08 Å². The van der Waals surface area contributed by atoms with E-state index in [0.29, 0.717) is 16.7 Å². The number of aromatic carboxylic acids is 1. The highest BCUT2D eigenvalue weighted by Crippen LogP contribution is 2.33. The van der Waals surface area contributed by atoms with Gasteiger partial charge in [0.1, 0.15) is 12.4 Å². The van der Waals surface area contributed by atoms with Gasteiger partial charge in [-0.2, -0.15) is 0 Å². The number of halogens is 3. The Balaban J connectivity index is 1.47. The Bertz CT molecular complexity index is 1300. The molecule has 1 heterocycles. The second-order valence-electron chi connectivity index (χ2n) is 7.06. The van der Waals surface area contributed by atoms with Crippen LogP contribution in [-0.4, -0.2) is 22.2 Å². The summed E-state index contributed by atoms with van der Waals surface area (Å²) >= 11 is 9.12. The molecular formula is C24H15BrI2N2O4S. The molecule has 6 nitrogen and oxygen atoms in total. The summed E-state index contributed by atoms with van der Waals surface area (Å²) in [5.41, 5.74) is 2.76. The Morgan fingerprint density at radius 2 is 1.74 bits per heavy atom. The third-order valence-corrected chi connectivity index (χ3v) is 7.65. The Morgan fingerprint density at radius 1 is 1.09 bits per heavy atom. The molecule has 34 heavy (non-hydrogen) atoms. The molecule has 1 aliphatic heterocycles. The van der Waals surface area contributed by atoms with Crippen molar-refractivity contribution in [3.63, 3.8) is 0 Å². The van der Waals surface area contributed by atoms with E-state index >= 15 is 0 Å². The van der Waals surface area contributed by atoms with Gasteiger partial charge in [-0.15, -0.1) is 0 Å². The number of hydrogen-bond acceptors (Lipinski definition) is 5. The molecule has 1 saturated heterocycles. The van der Waals surface area contributed by atoms with Crippen molar-refractivity contribution in [2.75, 3.05) is 0 Å². The van der Waals surface area contributed by atoms with E-state index in [2.05, 4.69) is 71.4 Å². The highest BCUT2D eigenvalue weighted by atomic mass is 127. The van der Waals surface area contributed by atoms with E-state index in [0.717, 1.165) is 34.2 Å². The number of thioether (sulfide) groups is 1.